The third-order valence-electron chi connectivity index (χ3n) is 1.55. The number of rotatable bonds is 6. The second-order valence-corrected chi connectivity index (χ2v) is 2.58. The number of nitrogens with zero attached hydrogens (tertiary/aromatic N) is 6. The summed E-state index contributed by atoms with van der Waals surface area (Å²) in [5, 5.41) is 6.20. The van der Waals surface area contributed by atoms with E-state index in [1.165, 1.54) is 0 Å². The molecule has 0 aliphatic carbocycles. The van der Waals surface area contributed by atoms with E-state index in [1.54, 1.807) is 0 Å². The smallest absolute Gasteiger partial charge is 0.235 e. The van der Waals surface area contributed by atoms with Crippen LogP contribution in [0.15, 0.2) is 10.2 Å². The molecule has 0 aliphatic heterocycles. The van der Waals surface area contributed by atoms with Crippen molar-refractivity contribution in [1.29, 1.82) is 0 Å². The van der Waals surface area contributed by atoms with Gasteiger partial charge in [0.15, 0.2) is 0 Å². The van der Waals surface area contributed by atoms with Crippen LogP contribution >= 0.6 is 0 Å². The zero-order valence-electron chi connectivity index (χ0n) is 7.57. The van der Waals surface area contributed by atoms with E-state index < -0.39 is 11.9 Å². The molecule has 0 aromatic carbocycles. The number of amides is 1. The average Bonchev–Trinajstić information content (AvgIpc) is 2.17. The van der Waals surface area contributed by atoms with Crippen LogP contribution in [0.4, 0.5) is 0 Å². The van der Waals surface area contributed by atoms with Gasteiger partial charge in [0.1, 0.15) is 0 Å². The van der Waals surface area contributed by atoms with E-state index >= 15 is 0 Å². The normalized spacial score (nSPS) is 10.9. The molecule has 0 fully saturated rings. The van der Waals surface area contributed by atoms with Crippen molar-refractivity contribution in [3.05, 3.63) is 20.9 Å². The molecule has 0 rings (SSSR count). The van der Waals surface area contributed by atoms with Crippen LogP contribution < -0.4 is 5.73 Å². The van der Waals surface area contributed by atoms with Crippen molar-refractivity contribution in [2.75, 3.05) is 6.54 Å². The van der Waals surface area contributed by atoms with E-state index in [0.717, 1.165) is 0 Å². The Balaban J connectivity index is 3.63. The van der Waals surface area contributed by atoms with Crippen LogP contribution in [0, 0.1) is 0 Å². The molecule has 0 saturated carbocycles. The van der Waals surface area contributed by atoms with Gasteiger partial charge in [-0.1, -0.05) is 11.5 Å². The van der Waals surface area contributed by atoms with Gasteiger partial charge in [0, 0.05) is 16.4 Å². The molecule has 0 aliphatic rings. The summed E-state index contributed by atoms with van der Waals surface area (Å²) >= 11 is 0. The number of unbranched alkanes of at least 4 members (excludes halogenated alkanes) is 1. The lowest BCUT2D eigenvalue weighted by molar-refractivity contribution is -0.119. The summed E-state index contributed by atoms with van der Waals surface area (Å²) in [6.07, 6.45) is 1.76. The highest BCUT2D eigenvalue weighted by molar-refractivity contribution is 5.82. The number of carbonyl (C=O) groups is 1. The maximum absolute atomic E-state index is 10.8. The Labute approximate surface area is 80.3 Å². The first-order valence-corrected chi connectivity index (χ1v) is 4.07. The molecule has 0 aromatic rings. The Morgan fingerprint density at radius 2 is 2.07 bits per heavy atom. The number of azide groups is 2. The molecule has 1 amide bonds. The lowest BCUT2D eigenvalue weighted by atomic mass is 10.1. The van der Waals surface area contributed by atoms with Crippen LogP contribution in [0.25, 0.3) is 20.9 Å². The highest BCUT2D eigenvalue weighted by atomic mass is 16.2. The van der Waals surface area contributed by atoms with Gasteiger partial charge in [-0.05, 0) is 29.0 Å². The molecular formula is C6H11N7O. The van der Waals surface area contributed by atoms with Gasteiger partial charge in [0.25, 0.3) is 0 Å². The Morgan fingerprint density at radius 3 is 2.64 bits per heavy atom. The van der Waals surface area contributed by atoms with Gasteiger partial charge in [-0.2, -0.15) is 0 Å². The van der Waals surface area contributed by atoms with Crippen LogP contribution in [0.3, 0.4) is 0 Å². The molecule has 0 saturated heterocycles. The summed E-state index contributed by atoms with van der Waals surface area (Å²) in [7, 11) is 0. The van der Waals surface area contributed by atoms with Crippen LogP contribution in [0.2, 0.25) is 0 Å². The van der Waals surface area contributed by atoms with Gasteiger partial charge < -0.3 is 5.73 Å². The SMILES string of the molecule is [N-]=[N+]=NCCCC[C@H](N)C(=O)N=[N+]=[N-]. The highest BCUT2D eigenvalue weighted by Crippen LogP contribution is 2.01. The van der Waals surface area contributed by atoms with E-state index in [1.807, 2.05) is 0 Å². The van der Waals surface area contributed by atoms with Gasteiger partial charge >= 0.3 is 0 Å². The van der Waals surface area contributed by atoms with Gasteiger partial charge in [-0.15, -0.1) is 0 Å². The second-order valence-electron chi connectivity index (χ2n) is 2.58. The second kappa shape index (κ2) is 7.88. The fourth-order valence-corrected chi connectivity index (χ4v) is 0.833. The van der Waals surface area contributed by atoms with E-state index in [4.69, 9.17) is 16.8 Å². The van der Waals surface area contributed by atoms with Crippen molar-refractivity contribution < 1.29 is 4.79 Å². The molecule has 14 heavy (non-hydrogen) atoms. The molecule has 8 nitrogen and oxygen atoms in total. The third kappa shape index (κ3) is 5.84. The molecule has 0 bridgehead atoms. The fourth-order valence-electron chi connectivity index (χ4n) is 0.833. The van der Waals surface area contributed by atoms with Crippen LogP contribution in [0.5, 0.6) is 0 Å². The zero-order valence-corrected chi connectivity index (χ0v) is 7.57. The van der Waals surface area contributed by atoms with Crippen molar-refractivity contribution in [2.45, 2.75) is 25.3 Å². The first-order valence-electron chi connectivity index (χ1n) is 4.07. The van der Waals surface area contributed by atoms with Crippen molar-refractivity contribution in [2.24, 2.45) is 16.0 Å². The molecule has 0 heterocycles. The molecule has 8 heteroatoms. The van der Waals surface area contributed by atoms with Crippen LogP contribution in [-0.4, -0.2) is 18.5 Å². The summed E-state index contributed by atoms with van der Waals surface area (Å²) < 4.78 is 0. The van der Waals surface area contributed by atoms with E-state index in [9.17, 15) is 4.79 Å². The summed E-state index contributed by atoms with van der Waals surface area (Å²) in [5.74, 6) is -0.656. The zero-order chi connectivity index (χ0) is 10.8. The van der Waals surface area contributed by atoms with E-state index in [-0.39, 0.29) is 0 Å². The minimum absolute atomic E-state index is 0.388. The largest absolute Gasteiger partial charge is 0.321 e. The Bertz CT molecular complexity index is 276. The van der Waals surface area contributed by atoms with Crippen LogP contribution in [-0.2, 0) is 4.79 Å². The molecule has 0 unspecified atom stereocenters. The molecule has 2 N–H and O–H groups in total. The minimum atomic E-state index is -0.753. The molecule has 0 aromatic heterocycles. The number of nitrogens with two attached hydrogens (primary N) is 1. The lowest BCUT2D eigenvalue weighted by Crippen LogP contribution is -2.28. The number of carbonyl (C=O) groups excluding carboxylic acids is 1. The van der Waals surface area contributed by atoms with Crippen molar-refractivity contribution in [3.63, 3.8) is 0 Å². The first kappa shape index (κ1) is 12.2. The van der Waals surface area contributed by atoms with Gasteiger partial charge in [0.05, 0.1) is 6.04 Å². The summed E-state index contributed by atoms with van der Waals surface area (Å²) in [6.45, 7) is 0.388. The maximum Gasteiger partial charge on any atom is 0.235 e. The van der Waals surface area contributed by atoms with Crippen molar-refractivity contribution in [1.82, 2.24) is 0 Å². The molecule has 1 atom stereocenters. The Morgan fingerprint density at radius 1 is 1.36 bits per heavy atom. The lowest BCUT2D eigenvalue weighted by Gasteiger charge is -2.04. The predicted molar refractivity (Wildman–Crippen MR) is 50.0 cm³/mol. The topological polar surface area (TPSA) is 141 Å². The standard InChI is InChI=1S/C6H11N7O/c7-5(6(14)11-13-9)3-1-2-4-10-12-8/h5H,1-4,7H2/t5-/m0/s1. The van der Waals surface area contributed by atoms with E-state index in [0.29, 0.717) is 25.8 Å². The summed E-state index contributed by atoms with van der Waals surface area (Å²) in [4.78, 5) is 15.8. The van der Waals surface area contributed by atoms with Crippen molar-refractivity contribution in [3.8, 4) is 0 Å². The van der Waals surface area contributed by atoms with Crippen LogP contribution in [0.1, 0.15) is 19.3 Å². The minimum Gasteiger partial charge on any atom is -0.321 e. The molecule has 0 radical (unpaired) electrons. The van der Waals surface area contributed by atoms with Crippen molar-refractivity contribution >= 4 is 5.91 Å². The van der Waals surface area contributed by atoms with Gasteiger partial charge in [-0.25, -0.2) is 0 Å². The molecule has 76 valence electrons. The quantitative estimate of drug-likeness (QED) is 0.299. The highest BCUT2D eigenvalue weighted by Gasteiger charge is 2.09. The maximum atomic E-state index is 10.8. The molecule has 0 spiro atoms. The predicted octanol–water partition coefficient (Wildman–Crippen LogP) is 1.63. The average molecular weight is 197 g/mol. The number of hydrogen-bond acceptors (Lipinski definition) is 3. The van der Waals surface area contributed by atoms with Gasteiger partial charge in [0.2, 0.25) is 5.91 Å². The Hall–Kier alpha value is -1.75. The molecular weight excluding hydrogens is 186 g/mol. The third-order valence-corrected chi connectivity index (χ3v) is 1.55. The Kier molecular flexibility index (Phi) is 6.89. The van der Waals surface area contributed by atoms with Gasteiger partial charge in [-0.3, -0.25) is 4.79 Å². The summed E-state index contributed by atoms with van der Waals surface area (Å²) in [5.41, 5.74) is 21.3. The fraction of sp³-hybridized carbons (Fsp3) is 0.833. The monoisotopic (exact) mass is 197 g/mol. The van der Waals surface area contributed by atoms with E-state index in [2.05, 4.69) is 20.1 Å². The first-order chi connectivity index (χ1) is 6.72. The summed E-state index contributed by atoms with van der Waals surface area (Å²) in [6, 6.07) is -0.753. The number of hydrogen-bond donors (Lipinski definition) is 1.